The van der Waals surface area contributed by atoms with Crippen LogP contribution in [0.25, 0.3) is 5.57 Å². The molecule has 2 aromatic rings. The summed E-state index contributed by atoms with van der Waals surface area (Å²) in [5, 5.41) is 0. The second-order valence-electron chi connectivity index (χ2n) is 7.30. The van der Waals surface area contributed by atoms with Crippen molar-refractivity contribution in [3.63, 3.8) is 0 Å². The zero-order valence-electron chi connectivity index (χ0n) is 16.6. The van der Waals surface area contributed by atoms with Crippen molar-refractivity contribution in [1.29, 1.82) is 0 Å². The lowest BCUT2D eigenvalue weighted by Gasteiger charge is -2.22. The molecule has 1 unspecified atom stereocenters. The minimum Gasteiger partial charge on any atom is -0.494 e. The van der Waals surface area contributed by atoms with Gasteiger partial charge in [0.15, 0.2) is 0 Å². The van der Waals surface area contributed by atoms with Gasteiger partial charge in [-0.3, -0.25) is 0 Å². The molecular formula is C26H30O. The lowest BCUT2D eigenvalue weighted by molar-refractivity contribution is 0.340. The molecule has 0 fully saturated rings. The van der Waals surface area contributed by atoms with E-state index in [1.54, 1.807) is 0 Å². The molecule has 2 aromatic carbocycles. The molecule has 0 spiro atoms. The van der Waals surface area contributed by atoms with Crippen LogP contribution in [0.2, 0.25) is 0 Å². The molecule has 1 heteroatoms. The molecule has 1 nitrogen and oxygen atoms in total. The Morgan fingerprint density at radius 1 is 0.926 bits per heavy atom. The van der Waals surface area contributed by atoms with Gasteiger partial charge in [0.2, 0.25) is 0 Å². The molecule has 0 aromatic heterocycles. The fourth-order valence-electron chi connectivity index (χ4n) is 3.62. The standard InChI is InChI=1S/C26H30O/c1-3-5-6-21-9-15-24(16-10-21)25-17-11-22(12-18-25)7-8-23-13-19-26(20-14-23)27-4-2/h11-15,17-21H,3-6,9-10,16H2,1-2H3. The van der Waals surface area contributed by atoms with E-state index in [9.17, 15) is 0 Å². The Morgan fingerprint density at radius 2 is 1.59 bits per heavy atom. The fraction of sp³-hybridized carbons (Fsp3) is 0.385. The quantitative estimate of drug-likeness (QED) is 0.513. The molecule has 3 rings (SSSR count). The molecule has 0 aliphatic heterocycles. The molecule has 1 aliphatic rings. The normalized spacial score (nSPS) is 16.2. The van der Waals surface area contributed by atoms with Crippen molar-refractivity contribution in [2.24, 2.45) is 5.92 Å². The number of benzene rings is 2. The summed E-state index contributed by atoms with van der Waals surface area (Å²) in [6.45, 7) is 4.96. The third-order valence-corrected chi connectivity index (χ3v) is 5.26. The summed E-state index contributed by atoms with van der Waals surface area (Å²) in [7, 11) is 0. The van der Waals surface area contributed by atoms with Gasteiger partial charge in [0.1, 0.15) is 5.75 Å². The van der Waals surface area contributed by atoms with Gasteiger partial charge < -0.3 is 4.74 Å². The lowest BCUT2D eigenvalue weighted by atomic mass is 9.84. The van der Waals surface area contributed by atoms with Crippen LogP contribution >= 0.6 is 0 Å². The SMILES string of the molecule is CCCCC1CC=C(c2ccc(C#Cc3ccc(OCC)cc3)cc2)CC1. The summed E-state index contributed by atoms with van der Waals surface area (Å²) in [6, 6.07) is 16.7. The lowest BCUT2D eigenvalue weighted by Crippen LogP contribution is -2.05. The van der Waals surface area contributed by atoms with Crippen LogP contribution in [0.4, 0.5) is 0 Å². The van der Waals surface area contributed by atoms with Crippen molar-refractivity contribution in [1.82, 2.24) is 0 Å². The molecule has 1 aliphatic carbocycles. The van der Waals surface area contributed by atoms with Crippen molar-refractivity contribution in [3.05, 3.63) is 71.3 Å². The third kappa shape index (κ3) is 5.76. The maximum absolute atomic E-state index is 5.47. The maximum atomic E-state index is 5.47. The molecule has 140 valence electrons. The van der Waals surface area contributed by atoms with Crippen LogP contribution in [0.5, 0.6) is 5.75 Å². The molecule has 0 amide bonds. The van der Waals surface area contributed by atoms with E-state index >= 15 is 0 Å². The van der Waals surface area contributed by atoms with Crippen LogP contribution in [0.15, 0.2) is 54.6 Å². The summed E-state index contributed by atoms with van der Waals surface area (Å²) in [5.74, 6) is 8.29. The van der Waals surface area contributed by atoms with Crippen molar-refractivity contribution in [3.8, 4) is 17.6 Å². The van der Waals surface area contributed by atoms with E-state index in [1.807, 2.05) is 31.2 Å². The Balaban J connectivity index is 1.60. The summed E-state index contributed by atoms with van der Waals surface area (Å²) in [4.78, 5) is 0. The topological polar surface area (TPSA) is 9.23 Å². The Kier molecular flexibility index (Phi) is 7.17. The van der Waals surface area contributed by atoms with E-state index in [4.69, 9.17) is 4.74 Å². The minimum absolute atomic E-state index is 0.688. The number of ether oxygens (including phenoxy) is 1. The Labute approximate surface area is 164 Å². The molecule has 1 atom stereocenters. The van der Waals surface area contributed by atoms with Crippen LogP contribution in [0.3, 0.4) is 0 Å². The number of hydrogen-bond acceptors (Lipinski definition) is 1. The van der Waals surface area contributed by atoms with Crippen molar-refractivity contribution in [2.75, 3.05) is 6.61 Å². The number of hydrogen-bond donors (Lipinski definition) is 0. The van der Waals surface area contributed by atoms with Crippen LogP contribution in [-0.4, -0.2) is 6.61 Å². The zero-order chi connectivity index (χ0) is 18.9. The second kappa shape index (κ2) is 10.0. The molecule has 0 N–H and O–H groups in total. The Morgan fingerprint density at radius 3 is 2.15 bits per heavy atom. The van der Waals surface area contributed by atoms with Gasteiger partial charge in [-0.2, -0.15) is 0 Å². The van der Waals surface area contributed by atoms with Crippen molar-refractivity contribution >= 4 is 5.57 Å². The summed E-state index contributed by atoms with van der Waals surface area (Å²) in [5.41, 5.74) is 4.94. The predicted molar refractivity (Wildman–Crippen MR) is 115 cm³/mol. The first kappa shape index (κ1) is 19.3. The van der Waals surface area contributed by atoms with E-state index in [-0.39, 0.29) is 0 Å². The number of rotatable bonds is 6. The van der Waals surface area contributed by atoms with Gasteiger partial charge >= 0.3 is 0 Å². The van der Waals surface area contributed by atoms with Gasteiger partial charge in [0, 0.05) is 11.1 Å². The van der Waals surface area contributed by atoms with Gasteiger partial charge in [-0.1, -0.05) is 56.2 Å². The molecule has 0 heterocycles. The first-order valence-electron chi connectivity index (χ1n) is 10.3. The largest absolute Gasteiger partial charge is 0.494 e. The van der Waals surface area contributed by atoms with Crippen LogP contribution < -0.4 is 4.74 Å². The van der Waals surface area contributed by atoms with E-state index in [0.29, 0.717) is 6.61 Å². The highest BCUT2D eigenvalue weighted by atomic mass is 16.5. The highest BCUT2D eigenvalue weighted by Crippen LogP contribution is 2.32. The highest BCUT2D eigenvalue weighted by molar-refractivity contribution is 5.67. The van der Waals surface area contributed by atoms with E-state index in [1.165, 1.54) is 49.7 Å². The molecule has 0 radical (unpaired) electrons. The first-order chi connectivity index (χ1) is 13.3. The van der Waals surface area contributed by atoms with Crippen LogP contribution in [0, 0.1) is 17.8 Å². The third-order valence-electron chi connectivity index (χ3n) is 5.26. The smallest absolute Gasteiger partial charge is 0.119 e. The highest BCUT2D eigenvalue weighted by Gasteiger charge is 2.14. The molecular weight excluding hydrogens is 328 g/mol. The zero-order valence-corrected chi connectivity index (χ0v) is 16.6. The predicted octanol–water partition coefficient (Wildman–Crippen LogP) is 6.86. The summed E-state index contributed by atoms with van der Waals surface area (Å²) < 4.78 is 5.47. The van der Waals surface area contributed by atoms with Crippen molar-refractivity contribution in [2.45, 2.75) is 52.4 Å². The van der Waals surface area contributed by atoms with Crippen LogP contribution in [0.1, 0.15) is 69.1 Å². The van der Waals surface area contributed by atoms with Crippen LogP contribution in [-0.2, 0) is 0 Å². The van der Waals surface area contributed by atoms with Gasteiger partial charge in [-0.05, 0) is 79.6 Å². The summed E-state index contributed by atoms with van der Waals surface area (Å²) in [6.07, 6.45) is 10.3. The monoisotopic (exact) mass is 358 g/mol. The number of allylic oxidation sites excluding steroid dienone is 2. The Hall–Kier alpha value is -2.46. The van der Waals surface area contributed by atoms with Gasteiger partial charge in [-0.25, -0.2) is 0 Å². The van der Waals surface area contributed by atoms with E-state index < -0.39 is 0 Å². The van der Waals surface area contributed by atoms with Gasteiger partial charge in [0.25, 0.3) is 0 Å². The second-order valence-corrected chi connectivity index (χ2v) is 7.30. The first-order valence-corrected chi connectivity index (χ1v) is 10.3. The average Bonchev–Trinajstić information content (AvgIpc) is 2.73. The average molecular weight is 359 g/mol. The van der Waals surface area contributed by atoms with Crippen molar-refractivity contribution < 1.29 is 4.74 Å². The fourth-order valence-corrected chi connectivity index (χ4v) is 3.62. The van der Waals surface area contributed by atoms with E-state index in [0.717, 1.165) is 22.8 Å². The Bertz CT molecular complexity index is 800. The molecule has 0 saturated heterocycles. The molecule has 0 saturated carbocycles. The molecule has 0 bridgehead atoms. The van der Waals surface area contributed by atoms with Gasteiger partial charge in [-0.15, -0.1) is 0 Å². The van der Waals surface area contributed by atoms with E-state index in [2.05, 4.69) is 49.1 Å². The maximum Gasteiger partial charge on any atom is 0.119 e. The van der Waals surface area contributed by atoms with Gasteiger partial charge in [0.05, 0.1) is 6.61 Å². The summed E-state index contributed by atoms with van der Waals surface area (Å²) >= 11 is 0. The molecule has 27 heavy (non-hydrogen) atoms. The number of unbranched alkanes of at least 4 members (excludes halogenated alkanes) is 1. The minimum atomic E-state index is 0.688.